The minimum atomic E-state index is -4.10. The highest BCUT2D eigenvalue weighted by Crippen LogP contribution is 2.44. The van der Waals surface area contributed by atoms with Crippen LogP contribution in [-0.4, -0.2) is 78.8 Å². The van der Waals surface area contributed by atoms with Crippen LogP contribution in [0.3, 0.4) is 0 Å². The predicted molar refractivity (Wildman–Crippen MR) is 432 cm³/mol. The normalized spacial score (nSPS) is 14.2. The molecule has 3 saturated carbocycles. The first kappa shape index (κ1) is 75.9. The van der Waals surface area contributed by atoms with Gasteiger partial charge in [-0.1, -0.05) is 74.9 Å². The molecule has 3 aliphatic rings. The molecule has 115 heavy (non-hydrogen) atoms. The molecule has 0 unspecified atom stereocenters. The molecule has 8 heterocycles. The van der Waals surface area contributed by atoms with E-state index in [1.807, 2.05) is 18.6 Å². The van der Waals surface area contributed by atoms with Crippen molar-refractivity contribution in [2.75, 3.05) is 31.4 Å². The molecule has 25 nitrogen and oxygen atoms in total. The number of nitrogens with zero attached hydrogens (tertiary/aromatic N) is 11. The van der Waals surface area contributed by atoms with Gasteiger partial charge in [0.25, 0.3) is 30.1 Å². The number of benzene rings is 7. The van der Waals surface area contributed by atoms with E-state index < -0.39 is 53.3 Å². The fourth-order valence-electron chi connectivity index (χ4n) is 15.1. The Morgan fingerprint density at radius 3 is 1.10 bits per heavy atom. The summed E-state index contributed by atoms with van der Waals surface area (Å²) in [4.78, 5) is 33.8. The molecule has 0 aliphatic heterocycles. The maximum absolute atomic E-state index is 15.3. The third kappa shape index (κ3) is 15.9. The van der Waals surface area contributed by atoms with E-state index in [4.69, 9.17) is 26.7 Å². The molecular formula is C83H73F4N17O8S3. The number of halogens is 4. The highest BCUT2D eigenvalue weighted by Gasteiger charge is 2.30. The third-order valence-electron chi connectivity index (χ3n) is 20.7. The first-order valence-corrected chi connectivity index (χ1v) is 41.4. The van der Waals surface area contributed by atoms with E-state index in [0.717, 1.165) is 82.7 Å². The van der Waals surface area contributed by atoms with E-state index in [-0.39, 0.29) is 37.8 Å². The van der Waals surface area contributed by atoms with Crippen LogP contribution in [0.15, 0.2) is 241 Å². The Morgan fingerprint density at radius 1 is 0.374 bits per heavy atom. The first-order chi connectivity index (χ1) is 55.6. The number of nitrogens with two attached hydrogens (primary N) is 3. The average molecular weight is 1610 g/mol. The maximum atomic E-state index is 15.3. The second-order valence-electron chi connectivity index (χ2n) is 28.1. The number of hydrogen-bond donors (Lipinski definition) is 6. The van der Waals surface area contributed by atoms with Crippen LogP contribution in [0.25, 0.3) is 77.4 Å². The predicted octanol–water partition coefficient (Wildman–Crippen LogP) is 17.9. The molecule has 32 heteroatoms. The Balaban J connectivity index is 0.000000130. The highest BCUT2D eigenvalue weighted by atomic mass is 32.2. The molecule has 584 valence electrons. The number of anilines is 6. The molecule has 18 rings (SSSR count). The molecule has 0 saturated heterocycles. The second kappa shape index (κ2) is 31.8. The lowest BCUT2D eigenvalue weighted by atomic mass is 10.1. The molecule has 3 aliphatic carbocycles. The monoisotopic (exact) mass is 1610 g/mol. The Labute approximate surface area is 657 Å². The van der Waals surface area contributed by atoms with Crippen LogP contribution in [0.1, 0.15) is 95.2 Å². The topological polar surface area (TPSA) is 353 Å². The van der Waals surface area contributed by atoms with Crippen molar-refractivity contribution < 1.29 is 52.3 Å². The molecule has 0 atom stereocenters. The minimum absolute atomic E-state index is 0.0198. The van der Waals surface area contributed by atoms with E-state index in [9.17, 15) is 29.6 Å². The largest absolute Gasteiger partial charge is 0.457 e. The van der Waals surface area contributed by atoms with Crippen molar-refractivity contribution in [3.05, 3.63) is 249 Å². The molecule has 0 amide bonds. The van der Waals surface area contributed by atoms with Gasteiger partial charge in [0.2, 0.25) is 0 Å². The summed E-state index contributed by atoms with van der Waals surface area (Å²) < 4.78 is 162. The molecule has 0 spiro atoms. The average Bonchev–Trinajstić information content (AvgIpc) is 1.49. The van der Waals surface area contributed by atoms with Crippen LogP contribution < -0.4 is 40.8 Å². The van der Waals surface area contributed by atoms with Gasteiger partial charge in [0.1, 0.15) is 105 Å². The van der Waals surface area contributed by atoms with E-state index in [0.29, 0.717) is 124 Å². The van der Waals surface area contributed by atoms with Gasteiger partial charge in [0.05, 0.1) is 48.5 Å². The highest BCUT2D eigenvalue weighted by molar-refractivity contribution is 7.93. The van der Waals surface area contributed by atoms with Crippen molar-refractivity contribution in [3.63, 3.8) is 0 Å². The fourth-order valence-corrected chi connectivity index (χ4v) is 18.5. The SMILES string of the molecule is Nc1ncnc2c1c(-c1ccc(NS(=O)(=O)c3ccc(Oc4ccc(F)cc4)cc3)c(F)c1)cn2C1CCCC1.Nc1ncnc2c1c(-c1ccc(NS(=O)(=O)c3ccc(Oc4ccncc4)cc3)c(F)c1)cn2C1CCCC1.Nc1ncnc2c1c(-c1ccc(NS(=O)(=O)c3cccc4cccnc34)c(F)c1)cn2C1CCCC1. The van der Waals surface area contributed by atoms with Gasteiger partial charge in [-0.25, -0.2) is 72.7 Å². The number of aromatic nitrogens is 11. The zero-order valence-electron chi connectivity index (χ0n) is 61.2. The Hall–Kier alpha value is -13.1. The fraction of sp³-hybridized carbons (Fsp3) is 0.181. The molecule has 9 N–H and O–H groups in total. The lowest BCUT2D eigenvalue weighted by molar-refractivity contribution is 0.480. The van der Waals surface area contributed by atoms with E-state index in [1.54, 1.807) is 67.0 Å². The van der Waals surface area contributed by atoms with Gasteiger partial charge >= 0.3 is 0 Å². The van der Waals surface area contributed by atoms with Crippen molar-refractivity contribution in [2.24, 2.45) is 0 Å². The van der Waals surface area contributed by atoms with Crippen LogP contribution in [0.2, 0.25) is 0 Å². The van der Waals surface area contributed by atoms with Crippen molar-refractivity contribution in [3.8, 4) is 56.4 Å². The summed E-state index contributed by atoms with van der Waals surface area (Å²) in [5.74, 6) is 0.160. The lowest BCUT2D eigenvalue weighted by Crippen LogP contribution is -2.14. The lowest BCUT2D eigenvalue weighted by Gasteiger charge is -2.12. The summed E-state index contributed by atoms with van der Waals surface area (Å²) in [6.07, 6.45) is 27.9. The number of fused-ring (bicyclic) bond motifs is 4. The summed E-state index contributed by atoms with van der Waals surface area (Å²) in [5, 5.41) is 2.64. The number of pyridine rings is 2. The number of rotatable bonds is 19. The van der Waals surface area contributed by atoms with Crippen molar-refractivity contribution in [1.82, 2.24) is 53.6 Å². The molecule has 7 aromatic carbocycles. The van der Waals surface area contributed by atoms with E-state index in [1.165, 1.54) is 140 Å². The summed E-state index contributed by atoms with van der Waals surface area (Å²) in [5.41, 5.74) is 24.3. The third-order valence-corrected chi connectivity index (χ3v) is 24.9. The Morgan fingerprint density at radius 2 is 0.722 bits per heavy atom. The van der Waals surface area contributed by atoms with E-state index >= 15 is 13.2 Å². The summed E-state index contributed by atoms with van der Waals surface area (Å²) >= 11 is 0. The van der Waals surface area contributed by atoms with Crippen LogP contribution >= 0.6 is 0 Å². The van der Waals surface area contributed by atoms with Crippen LogP contribution in [0, 0.1) is 23.3 Å². The molecule has 0 bridgehead atoms. The minimum Gasteiger partial charge on any atom is -0.457 e. The zero-order valence-corrected chi connectivity index (χ0v) is 63.7. The Kier molecular flexibility index (Phi) is 21.0. The summed E-state index contributed by atoms with van der Waals surface area (Å²) in [7, 11) is -12.2. The van der Waals surface area contributed by atoms with Gasteiger partial charge in [-0.3, -0.25) is 24.1 Å². The van der Waals surface area contributed by atoms with Gasteiger partial charge in [-0.15, -0.1) is 0 Å². The van der Waals surface area contributed by atoms with Crippen molar-refractivity contribution in [2.45, 2.75) is 110 Å². The zero-order chi connectivity index (χ0) is 79.7. The number of hydrogen-bond acceptors (Lipinski definition) is 19. The number of nitrogen functional groups attached to an aromatic ring is 3. The van der Waals surface area contributed by atoms with Crippen LogP contribution in [-0.2, 0) is 30.1 Å². The van der Waals surface area contributed by atoms with Gasteiger partial charge in [-0.05, 0) is 189 Å². The molecule has 0 radical (unpaired) electrons. The molecule has 15 aromatic rings. The van der Waals surface area contributed by atoms with Gasteiger partial charge in [0.15, 0.2) is 0 Å². The van der Waals surface area contributed by atoms with Crippen LogP contribution in [0.5, 0.6) is 23.0 Å². The standard InChI is InChI=1S/C29H25F2N5O3S.C28H25FN6O3S.C26H23FN6O2S/c30-19-6-8-21(9-7-19)39-22-10-12-23(13-11-22)40(37,38)35-26-14-5-18(15-25(26)31)24-16-36(20-3-1-2-4-20)29-27(24)28(32)33-17-34-29;29-24-15-18(23-16-35(19-3-1-2-4-19)28-26(23)27(30)32-17-33-28)5-10-25(24)34-39(36,37)22-8-6-20(7-9-22)38-21-11-13-31-14-12-21;27-20-13-17(19-14-33(18-7-1-2-8-18)26-23(19)25(28)30-15-31-26)10-11-21(20)32-36(34,35)22-9-3-5-16-6-4-12-29-24(16)22/h5-17,20,35H,1-4H2,(H2,32,33,34);5-17,19,34H,1-4H2,(H2,30,32,33);3-6,9-15,18,32H,1-2,7-8H2,(H2,28,30,31). The van der Waals surface area contributed by atoms with Gasteiger partial charge < -0.3 is 40.4 Å². The number of sulfonamides is 3. The molecule has 3 fully saturated rings. The number of nitrogens with one attached hydrogen (secondary N) is 3. The van der Waals surface area contributed by atoms with Crippen molar-refractivity contribution in [1.29, 1.82) is 0 Å². The number of para-hydroxylation sites is 1. The summed E-state index contributed by atoms with van der Waals surface area (Å²) in [6.45, 7) is 0. The van der Waals surface area contributed by atoms with Crippen molar-refractivity contribution >= 4 is 109 Å². The summed E-state index contributed by atoms with van der Waals surface area (Å²) in [6, 6.07) is 42.6. The smallest absolute Gasteiger partial charge is 0.264 e. The maximum Gasteiger partial charge on any atom is 0.264 e. The van der Waals surface area contributed by atoms with Gasteiger partial charge in [0, 0.05) is 77.4 Å². The quantitative estimate of drug-likeness (QED) is 0.0410. The van der Waals surface area contributed by atoms with Gasteiger partial charge in [-0.2, -0.15) is 0 Å². The van der Waals surface area contributed by atoms with Crippen LogP contribution in [0.4, 0.5) is 52.1 Å². The number of ether oxygens (including phenoxy) is 2. The Bertz CT molecular complexity index is 6520. The van der Waals surface area contributed by atoms with E-state index in [2.05, 4.69) is 67.7 Å². The molecular weight excluding hydrogens is 1540 g/mol. The first-order valence-electron chi connectivity index (χ1n) is 37.0. The second-order valence-corrected chi connectivity index (χ2v) is 33.1. The molecule has 8 aromatic heterocycles.